The number of ether oxygens (including phenoxy) is 8. The molecule has 1 aliphatic heterocycles. The minimum Gasteiger partial charge on any atom is -0.488 e. The largest absolute Gasteiger partial charge is 0.488 e. The van der Waals surface area contributed by atoms with E-state index in [2.05, 4.69) is 121 Å². The van der Waals surface area contributed by atoms with Crippen molar-refractivity contribution in [2.75, 3.05) is 66.1 Å². The molecule has 5 rings (SSSR count). The number of nitrogens with zero attached hydrogens (tertiary/aromatic N) is 1. The van der Waals surface area contributed by atoms with Gasteiger partial charge in [0.05, 0.1) is 85.7 Å². The lowest BCUT2D eigenvalue weighted by atomic mass is 9.91. The highest BCUT2D eigenvalue weighted by molar-refractivity contribution is 7.25. The lowest BCUT2D eigenvalue weighted by Crippen LogP contribution is -2.43. The van der Waals surface area contributed by atoms with E-state index in [1.807, 2.05) is 11.3 Å². The SMILES string of the molecule is CCCCCCn1c(-c2sc(-c3sc(C(C)(C)C)c4c3OCC(COCC(CC)CCCC)(COCC(CC)CCCC)CO4)c(OCCCC)c2OCCCC)ccc1-c1sc(C(C)(C)C)c(OCCCC)c1OCCCC. The molecule has 0 fully saturated rings. The van der Waals surface area contributed by atoms with Gasteiger partial charge >= 0.3 is 0 Å². The highest BCUT2D eigenvalue weighted by Gasteiger charge is 2.42. The molecule has 0 aliphatic carbocycles. The maximum absolute atomic E-state index is 7.35. The molecule has 4 aromatic heterocycles. The number of aromatic nitrogens is 1. The zero-order valence-electron chi connectivity index (χ0n) is 52.7. The Bertz CT molecular complexity index is 2300. The van der Waals surface area contributed by atoms with Gasteiger partial charge in [-0.25, -0.2) is 0 Å². The van der Waals surface area contributed by atoms with Crippen molar-refractivity contribution in [2.45, 2.75) is 250 Å². The van der Waals surface area contributed by atoms with Gasteiger partial charge in [-0.2, -0.15) is 0 Å². The summed E-state index contributed by atoms with van der Waals surface area (Å²) in [6.07, 6.45) is 22.0. The summed E-state index contributed by atoms with van der Waals surface area (Å²) >= 11 is 5.41. The summed E-state index contributed by atoms with van der Waals surface area (Å²) in [5, 5.41) is 0. The molecule has 1 aliphatic rings. The Labute approximate surface area is 493 Å². The molecule has 0 spiro atoms. The van der Waals surface area contributed by atoms with Crippen molar-refractivity contribution >= 4 is 34.0 Å². The van der Waals surface area contributed by atoms with E-state index in [0.29, 0.717) is 64.7 Å². The third-order valence-electron chi connectivity index (χ3n) is 15.4. The van der Waals surface area contributed by atoms with Crippen LogP contribution >= 0.6 is 34.0 Å². The van der Waals surface area contributed by atoms with Crippen LogP contribution in [0.5, 0.6) is 34.5 Å². The first kappa shape index (κ1) is 66.9. The molecule has 450 valence electrons. The molecule has 0 amide bonds. The molecule has 0 bridgehead atoms. The lowest BCUT2D eigenvalue weighted by Gasteiger charge is -2.32. The van der Waals surface area contributed by atoms with Crippen LogP contribution < -0.4 is 28.4 Å². The van der Waals surface area contributed by atoms with Gasteiger partial charge in [-0.1, -0.05) is 187 Å². The van der Waals surface area contributed by atoms with Crippen LogP contribution in [0, 0.1) is 17.3 Å². The third kappa shape index (κ3) is 18.8. The molecule has 5 heterocycles. The fourth-order valence-electron chi connectivity index (χ4n) is 10.1. The number of hydrogen-bond donors (Lipinski definition) is 0. The molecule has 2 unspecified atom stereocenters. The zero-order chi connectivity index (χ0) is 57.4. The summed E-state index contributed by atoms with van der Waals surface area (Å²) in [4.78, 5) is 6.67. The summed E-state index contributed by atoms with van der Waals surface area (Å²) < 4.78 is 58.7. The Balaban J connectivity index is 1.75. The average Bonchev–Trinajstić information content (AvgIpc) is 4.37. The maximum atomic E-state index is 7.35. The van der Waals surface area contributed by atoms with Crippen LogP contribution in [0.15, 0.2) is 12.1 Å². The predicted octanol–water partition coefficient (Wildman–Crippen LogP) is 20.8. The van der Waals surface area contributed by atoms with Crippen LogP contribution in [0.25, 0.3) is 30.9 Å². The monoisotopic (exact) mass is 1150 g/mol. The van der Waals surface area contributed by atoms with Gasteiger partial charge in [0.2, 0.25) is 0 Å². The minimum absolute atomic E-state index is 0.142. The van der Waals surface area contributed by atoms with Gasteiger partial charge in [0.1, 0.15) is 13.2 Å². The molecule has 4 aromatic rings. The van der Waals surface area contributed by atoms with Crippen LogP contribution in [0.2, 0.25) is 0 Å². The van der Waals surface area contributed by atoms with Gasteiger partial charge in [-0.3, -0.25) is 0 Å². The van der Waals surface area contributed by atoms with Gasteiger partial charge in [-0.05, 0) is 68.9 Å². The molecular formula is C67H111NO8S3. The van der Waals surface area contributed by atoms with E-state index >= 15 is 0 Å². The van der Waals surface area contributed by atoms with E-state index < -0.39 is 5.41 Å². The van der Waals surface area contributed by atoms with Gasteiger partial charge in [0, 0.05) is 30.6 Å². The molecular weight excluding hydrogens is 1040 g/mol. The number of fused-ring (bicyclic) bond motifs is 1. The van der Waals surface area contributed by atoms with E-state index in [-0.39, 0.29) is 10.8 Å². The fraction of sp³-hybridized carbons (Fsp3) is 0.761. The molecule has 0 saturated carbocycles. The van der Waals surface area contributed by atoms with Crippen LogP contribution in [0.1, 0.15) is 242 Å². The highest BCUT2D eigenvalue weighted by atomic mass is 32.1. The number of unbranched alkanes of at least 4 members (excludes halogenated alkanes) is 9. The standard InChI is InChI=1S/C67H111NO8S3/c1-16-25-32-33-38-68-51(36-37-52(68)60-55(73-41-30-21-6)57(74-42-31-22-7)63(78-60)65(10,11)12)59-53(71-39-28-19-4)54(72-40-29-20-5)61(77-59)62-56-58(64(79-62)66(13,14)15)76-48-67(47-75-56,45-69-43-49(23-8)34-26-17-2)46-70-44-50(24-9)35-27-18-3/h36-37,49-50H,16-35,38-48H2,1-15H3. The molecule has 9 nitrogen and oxygen atoms in total. The second-order valence-corrected chi connectivity index (χ2v) is 27.9. The van der Waals surface area contributed by atoms with Crippen LogP contribution in [-0.2, 0) is 26.8 Å². The molecule has 0 saturated heterocycles. The van der Waals surface area contributed by atoms with Crippen molar-refractivity contribution in [3.8, 4) is 65.4 Å². The van der Waals surface area contributed by atoms with Crippen molar-refractivity contribution in [1.82, 2.24) is 4.57 Å². The third-order valence-corrected chi connectivity index (χ3v) is 19.9. The van der Waals surface area contributed by atoms with Gasteiger partial charge in [0.25, 0.3) is 0 Å². The summed E-state index contributed by atoms with van der Waals surface area (Å²) in [6, 6.07) is 4.66. The quantitative estimate of drug-likeness (QED) is 0.0408. The topological polar surface area (TPSA) is 78.8 Å². The number of hydrogen-bond acceptors (Lipinski definition) is 11. The number of rotatable bonds is 40. The normalized spacial score (nSPS) is 15.6. The van der Waals surface area contributed by atoms with Gasteiger partial charge in [0.15, 0.2) is 34.5 Å². The van der Waals surface area contributed by atoms with Crippen molar-refractivity contribution in [3.05, 3.63) is 21.9 Å². The molecule has 2 atom stereocenters. The van der Waals surface area contributed by atoms with Crippen molar-refractivity contribution in [2.24, 2.45) is 17.3 Å². The average molecular weight is 1150 g/mol. The maximum Gasteiger partial charge on any atom is 0.182 e. The Morgan fingerprint density at radius 3 is 1.34 bits per heavy atom. The van der Waals surface area contributed by atoms with Crippen LogP contribution in [0.4, 0.5) is 0 Å². The molecule has 0 radical (unpaired) electrons. The van der Waals surface area contributed by atoms with E-state index in [4.69, 9.17) is 37.9 Å². The Hall–Kier alpha value is -2.90. The smallest absolute Gasteiger partial charge is 0.182 e. The van der Waals surface area contributed by atoms with E-state index in [1.165, 1.54) is 56.2 Å². The van der Waals surface area contributed by atoms with Crippen LogP contribution in [0.3, 0.4) is 0 Å². The first-order chi connectivity index (χ1) is 38.1. The van der Waals surface area contributed by atoms with Crippen LogP contribution in [-0.4, -0.2) is 70.6 Å². The fourth-order valence-corrected chi connectivity index (χ4v) is 13.9. The van der Waals surface area contributed by atoms with Crippen molar-refractivity contribution in [3.63, 3.8) is 0 Å². The van der Waals surface area contributed by atoms with Gasteiger partial charge in [-0.15, -0.1) is 34.0 Å². The minimum atomic E-state index is -0.506. The Kier molecular flexibility index (Phi) is 28.8. The second kappa shape index (κ2) is 34.0. The van der Waals surface area contributed by atoms with E-state index in [0.717, 1.165) is 167 Å². The summed E-state index contributed by atoms with van der Waals surface area (Å²) in [5.41, 5.74) is 1.41. The molecule has 79 heavy (non-hydrogen) atoms. The Morgan fingerprint density at radius 1 is 0.468 bits per heavy atom. The zero-order valence-corrected chi connectivity index (χ0v) is 55.1. The van der Waals surface area contributed by atoms with Gasteiger partial charge < -0.3 is 42.5 Å². The highest BCUT2D eigenvalue weighted by Crippen LogP contribution is 2.62. The Morgan fingerprint density at radius 2 is 0.886 bits per heavy atom. The van der Waals surface area contributed by atoms with E-state index in [9.17, 15) is 0 Å². The molecule has 0 N–H and O–H groups in total. The van der Waals surface area contributed by atoms with Crippen molar-refractivity contribution in [1.29, 1.82) is 0 Å². The number of thiophene rings is 3. The second-order valence-electron chi connectivity index (χ2n) is 24.8. The van der Waals surface area contributed by atoms with Crippen molar-refractivity contribution < 1.29 is 37.9 Å². The van der Waals surface area contributed by atoms with E-state index in [1.54, 1.807) is 22.7 Å². The lowest BCUT2D eigenvalue weighted by molar-refractivity contribution is -0.0715. The predicted molar refractivity (Wildman–Crippen MR) is 339 cm³/mol. The molecule has 12 heteroatoms. The summed E-state index contributed by atoms with van der Waals surface area (Å²) in [7, 11) is 0. The molecule has 0 aromatic carbocycles. The first-order valence-electron chi connectivity index (χ1n) is 31.7. The first-order valence-corrected chi connectivity index (χ1v) is 34.2. The summed E-state index contributed by atoms with van der Waals surface area (Å²) in [6.45, 7) is 40.8. The summed E-state index contributed by atoms with van der Waals surface area (Å²) in [5.74, 6) is 6.11.